The quantitative estimate of drug-likeness (QED) is 0.478. The molecule has 4 aromatic rings. The molecule has 1 amide bonds. The van der Waals surface area contributed by atoms with Gasteiger partial charge in [0.15, 0.2) is 17.1 Å². The van der Waals surface area contributed by atoms with Crippen molar-refractivity contribution >= 4 is 23.3 Å². The highest BCUT2D eigenvalue weighted by atomic mass is 32.2. The fourth-order valence-electron chi connectivity index (χ4n) is 3.41. The normalized spacial score (nSPS) is 12.3. The van der Waals surface area contributed by atoms with Crippen molar-refractivity contribution in [3.8, 4) is 22.8 Å². The SMILES string of the molecule is CSc1ccc2nc(-c3ccc4c(c3)OCO4)c(CNC(=O)c3ccccc3F)n2n1. The first-order valence-corrected chi connectivity index (χ1v) is 10.7. The number of ether oxygens (including phenoxy) is 2. The first-order chi connectivity index (χ1) is 15.1. The highest BCUT2D eigenvalue weighted by Gasteiger charge is 2.21. The molecule has 1 aliphatic heterocycles. The number of nitrogens with zero attached hydrogens (tertiary/aromatic N) is 3. The van der Waals surface area contributed by atoms with Crippen LogP contribution in [0, 0.1) is 5.82 Å². The Kier molecular flexibility index (Phi) is 4.95. The first-order valence-electron chi connectivity index (χ1n) is 9.49. The summed E-state index contributed by atoms with van der Waals surface area (Å²) in [5.41, 5.74) is 2.75. The lowest BCUT2D eigenvalue weighted by molar-refractivity contribution is 0.0946. The second-order valence-corrected chi connectivity index (χ2v) is 7.61. The fourth-order valence-corrected chi connectivity index (χ4v) is 3.78. The molecule has 1 N–H and O–H groups in total. The van der Waals surface area contributed by atoms with Gasteiger partial charge in [-0.3, -0.25) is 4.79 Å². The number of hydrogen-bond donors (Lipinski definition) is 1. The second kappa shape index (κ2) is 7.92. The highest BCUT2D eigenvalue weighted by Crippen LogP contribution is 2.36. The Morgan fingerprint density at radius 1 is 1.16 bits per heavy atom. The van der Waals surface area contributed by atoms with Crippen molar-refractivity contribution in [2.75, 3.05) is 13.0 Å². The maximum absolute atomic E-state index is 14.0. The number of aromatic nitrogens is 3. The summed E-state index contributed by atoms with van der Waals surface area (Å²) in [6.07, 6.45) is 1.93. The number of nitrogens with one attached hydrogen (secondary N) is 1. The molecule has 0 saturated carbocycles. The minimum absolute atomic E-state index is 0.0151. The van der Waals surface area contributed by atoms with Gasteiger partial charge in [0.05, 0.1) is 23.5 Å². The topological polar surface area (TPSA) is 77.8 Å². The van der Waals surface area contributed by atoms with Crippen molar-refractivity contribution in [3.63, 3.8) is 0 Å². The number of benzene rings is 2. The van der Waals surface area contributed by atoms with Crippen LogP contribution in [0.4, 0.5) is 4.39 Å². The number of amides is 1. The number of hydrogen-bond acceptors (Lipinski definition) is 6. The Labute approximate surface area is 181 Å². The van der Waals surface area contributed by atoms with Gasteiger partial charge < -0.3 is 14.8 Å². The van der Waals surface area contributed by atoms with E-state index in [1.807, 2.05) is 36.6 Å². The van der Waals surface area contributed by atoms with E-state index in [1.54, 1.807) is 16.6 Å². The number of halogens is 1. The largest absolute Gasteiger partial charge is 0.454 e. The van der Waals surface area contributed by atoms with Crippen LogP contribution in [0.15, 0.2) is 59.6 Å². The van der Waals surface area contributed by atoms with E-state index in [9.17, 15) is 9.18 Å². The van der Waals surface area contributed by atoms with Crippen molar-refractivity contribution < 1.29 is 18.7 Å². The van der Waals surface area contributed by atoms with Gasteiger partial charge in [0.2, 0.25) is 6.79 Å². The molecule has 9 heteroatoms. The molecular formula is C22H17FN4O3S. The fraction of sp³-hybridized carbons (Fsp3) is 0.136. The van der Waals surface area contributed by atoms with E-state index in [2.05, 4.69) is 10.4 Å². The predicted octanol–water partition coefficient (Wildman–Crippen LogP) is 3.92. The summed E-state index contributed by atoms with van der Waals surface area (Å²) >= 11 is 1.50. The standard InChI is InChI=1S/C22H17FN4O3S/c1-31-20-9-8-19-25-21(13-6-7-17-18(10-13)30-12-29-17)16(27(19)26-20)11-24-22(28)14-4-2-3-5-15(14)23/h2-10H,11-12H2,1H3,(H,24,28). The lowest BCUT2D eigenvalue weighted by Gasteiger charge is -2.09. The molecule has 3 heterocycles. The summed E-state index contributed by atoms with van der Waals surface area (Å²) in [7, 11) is 0. The van der Waals surface area contributed by atoms with E-state index in [4.69, 9.17) is 14.5 Å². The Bertz CT molecular complexity index is 1310. The van der Waals surface area contributed by atoms with E-state index in [0.29, 0.717) is 28.5 Å². The molecule has 0 unspecified atom stereocenters. The predicted molar refractivity (Wildman–Crippen MR) is 114 cm³/mol. The molecule has 0 fully saturated rings. The molecule has 0 saturated heterocycles. The number of thioether (sulfide) groups is 1. The lowest BCUT2D eigenvalue weighted by atomic mass is 10.1. The van der Waals surface area contributed by atoms with Gasteiger partial charge in [0.25, 0.3) is 5.91 Å². The van der Waals surface area contributed by atoms with Crippen molar-refractivity contribution in [1.29, 1.82) is 0 Å². The van der Waals surface area contributed by atoms with Gasteiger partial charge in [0.1, 0.15) is 10.8 Å². The third kappa shape index (κ3) is 3.57. The third-order valence-corrected chi connectivity index (χ3v) is 5.57. The molecule has 0 bridgehead atoms. The molecule has 7 nitrogen and oxygen atoms in total. The summed E-state index contributed by atoms with van der Waals surface area (Å²) in [6, 6.07) is 15.2. The van der Waals surface area contributed by atoms with Crippen molar-refractivity contribution in [3.05, 3.63) is 71.7 Å². The van der Waals surface area contributed by atoms with Crippen LogP contribution in [0.2, 0.25) is 0 Å². The molecule has 1 aliphatic rings. The summed E-state index contributed by atoms with van der Waals surface area (Å²) < 4.78 is 26.6. The number of imidazole rings is 1. The first kappa shape index (κ1) is 19.4. The van der Waals surface area contributed by atoms with E-state index >= 15 is 0 Å². The molecule has 0 aliphatic carbocycles. The van der Waals surface area contributed by atoms with Gasteiger partial charge in [-0.15, -0.1) is 11.8 Å². The van der Waals surface area contributed by atoms with E-state index in [-0.39, 0.29) is 18.9 Å². The van der Waals surface area contributed by atoms with Gasteiger partial charge in [-0.2, -0.15) is 5.10 Å². The van der Waals surface area contributed by atoms with Crippen LogP contribution in [-0.2, 0) is 6.54 Å². The Morgan fingerprint density at radius 3 is 2.84 bits per heavy atom. The molecule has 5 rings (SSSR count). The third-order valence-electron chi connectivity index (χ3n) is 4.94. The second-order valence-electron chi connectivity index (χ2n) is 6.78. The lowest BCUT2D eigenvalue weighted by Crippen LogP contribution is -2.25. The van der Waals surface area contributed by atoms with E-state index in [1.165, 1.54) is 23.9 Å². The van der Waals surface area contributed by atoms with E-state index < -0.39 is 11.7 Å². The average molecular weight is 436 g/mol. The van der Waals surface area contributed by atoms with Crippen LogP contribution in [0.3, 0.4) is 0 Å². The van der Waals surface area contributed by atoms with Gasteiger partial charge in [0, 0.05) is 5.56 Å². The molecule has 2 aromatic heterocycles. The van der Waals surface area contributed by atoms with Crippen LogP contribution in [0.1, 0.15) is 16.1 Å². The minimum atomic E-state index is -0.572. The van der Waals surface area contributed by atoms with E-state index in [0.717, 1.165) is 10.6 Å². The van der Waals surface area contributed by atoms with Crippen LogP contribution < -0.4 is 14.8 Å². The summed E-state index contributed by atoms with van der Waals surface area (Å²) in [6.45, 7) is 0.289. The van der Waals surface area contributed by atoms with Crippen LogP contribution in [-0.4, -0.2) is 33.6 Å². The minimum Gasteiger partial charge on any atom is -0.454 e. The molecule has 0 spiro atoms. The van der Waals surface area contributed by atoms with Crippen LogP contribution in [0.5, 0.6) is 11.5 Å². The molecule has 2 aromatic carbocycles. The Hall–Kier alpha value is -3.59. The molecule has 0 radical (unpaired) electrons. The van der Waals surface area contributed by atoms with Crippen molar-refractivity contribution in [1.82, 2.24) is 19.9 Å². The maximum Gasteiger partial charge on any atom is 0.254 e. The van der Waals surface area contributed by atoms with Crippen molar-refractivity contribution in [2.45, 2.75) is 11.6 Å². The zero-order valence-electron chi connectivity index (χ0n) is 16.5. The number of fused-ring (bicyclic) bond motifs is 2. The number of carbonyl (C=O) groups excluding carboxylic acids is 1. The molecule has 0 atom stereocenters. The van der Waals surface area contributed by atoms with Gasteiger partial charge in [-0.05, 0) is 48.7 Å². The van der Waals surface area contributed by atoms with Crippen LogP contribution >= 0.6 is 11.8 Å². The number of rotatable bonds is 5. The monoisotopic (exact) mass is 436 g/mol. The Balaban J connectivity index is 1.55. The van der Waals surface area contributed by atoms with Gasteiger partial charge in [-0.25, -0.2) is 13.9 Å². The smallest absolute Gasteiger partial charge is 0.254 e. The van der Waals surface area contributed by atoms with Crippen molar-refractivity contribution in [2.24, 2.45) is 0 Å². The molecular weight excluding hydrogens is 419 g/mol. The van der Waals surface area contributed by atoms with Crippen LogP contribution in [0.25, 0.3) is 16.9 Å². The highest BCUT2D eigenvalue weighted by molar-refractivity contribution is 7.98. The molecule has 31 heavy (non-hydrogen) atoms. The Morgan fingerprint density at radius 2 is 2.00 bits per heavy atom. The zero-order chi connectivity index (χ0) is 21.4. The molecule has 156 valence electrons. The zero-order valence-corrected chi connectivity index (χ0v) is 17.3. The summed E-state index contributed by atoms with van der Waals surface area (Å²) in [5.74, 6) is 0.223. The van der Waals surface area contributed by atoms with Gasteiger partial charge >= 0.3 is 0 Å². The average Bonchev–Trinajstić information content (AvgIpc) is 3.41. The maximum atomic E-state index is 14.0. The summed E-state index contributed by atoms with van der Waals surface area (Å²) in [5, 5.41) is 8.22. The number of carbonyl (C=O) groups is 1. The van der Waals surface area contributed by atoms with Gasteiger partial charge in [-0.1, -0.05) is 12.1 Å². The summed E-state index contributed by atoms with van der Waals surface area (Å²) in [4.78, 5) is 17.3.